The maximum atomic E-state index is 12.7. The van der Waals surface area contributed by atoms with Crippen LogP contribution in [0, 0.1) is 0 Å². The van der Waals surface area contributed by atoms with Gasteiger partial charge < -0.3 is 15.4 Å². The number of halogens is 3. The first-order valence-corrected chi connectivity index (χ1v) is 10.7. The zero-order valence-corrected chi connectivity index (χ0v) is 17.5. The summed E-state index contributed by atoms with van der Waals surface area (Å²) in [6.07, 6.45) is 0.903. The van der Waals surface area contributed by atoms with Crippen LogP contribution in [0.4, 0.5) is 24.9 Å². The first-order chi connectivity index (χ1) is 15.4. The molecule has 1 aliphatic rings. The number of benzene rings is 2. The molecule has 0 radical (unpaired) electrons. The van der Waals surface area contributed by atoms with E-state index in [1.165, 1.54) is 24.6 Å². The fourth-order valence-corrected chi connectivity index (χ4v) is 3.82. The summed E-state index contributed by atoms with van der Waals surface area (Å²) in [5.41, 5.74) is 2.13. The van der Waals surface area contributed by atoms with Crippen LogP contribution in [0.15, 0.2) is 60.7 Å². The summed E-state index contributed by atoms with van der Waals surface area (Å²) in [5.74, 6) is 0.778. The van der Waals surface area contributed by atoms with Crippen LogP contribution >= 0.6 is 0 Å². The zero-order valence-electron chi connectivity index (χ0n) is 17.5. The molecule has 1 aliphatic carbocycles. The van der Waals surface area contributed by atoms with Gasteiger partial charge in [-0.1, -0.05) is 61.7 Å². The third-order valence-corrected chi connectivity index (χ3v) is 5.34. The molecule has 32 heavy (non-hydrogen) atoms. The topological polar surface area (TPSA) is 59.1 Å². The Morgan fingerprint density at radius 3 is 2.44 bits per heavy atom. The monoisotopic (exact) mass is 442 g/mol. The lowest BCUT2D eigenvalue weighted by atomic mass is 9.96. The van der Waals surface area contributed by atoms with Gasteiger partial charge in [0, 0.05) is 24.2 Å². The molecule has 0 aliphatic heterocycles. The molecule has 168 valence electrons. The van der Waals surface area contributed by atoms with E-state index < -0.39 is 6.36 Å². The lowest BCUT2D eigenvalue weighted by Crippen LogP contribution is -2.23. The highest BCUT2D eigenvalue weighted by Crippen LogP contribution is 2.29. The van der Waals surface area contributed by atoms with Crippen molar-refractivity contribution in [2.24, 2.45) is 0 Å². The van der Waals surface area contributed by atoms with Crippen LogP contribution in [0.3, 0.4) is 0 Å². The molecule has 2 aromatic carbocycles. The average molecular weight is 442 g/mol. The molecule has 2 N–H and O–H groups in total. The highest BCUT2D eigenvalue weighted by molar-refractivity contribution is 5.66. The Kier molecular flexibility index (Phi) is 6.78. The summed E-state index contributed by atoms with van der Waals surface area (Å²) in [4.78, 5) is 9.20. The van der Waals surface area contributed by atoms with Crippen LogP contribution in [-0.4, -0.2) is 22.4 Å². The average Bonchev–Trinajstić information content (AvgIpc) is 2.78. The highest BCUT2D eigenvalue weighted by Gasteiger charge is 2.31. The van der Waals surface area contributed by atoms with Crippen molar-refractivity contribution in [3.8, 4) is 17.0 Å². The fourth-order valence-electron chi connectivity index (χ4n) is 3.82. The highest BCUT2D eigenvalue weighted by atomic mass is 19.4. The molecule has 1 heterocycles. The molecule has 0 bridgehead atoms. The molecular formula is C24H25F3N4O. The van der Waals surface area contributed by atoms with Crippen molar-refractivity contribution in [3.63, 3.8) is 0 Å². The predicted molar refractivity (Wildman–Crippen MR) is 118 cm³/mol. The molecule has 8 heteroatoms. The maximum Gasteiger partial charge on any atom is 0.573 e. The Bertz CT molecular complexity index is 1020. The number of hydrogen-bond donors (Lipinski definition) is 2. The molecule has 5 nitrogen and oxygen atoms in total. The minimum atomic E-state index is -4.75. The molecule has 1 aromatic heterocycles. The summed E-state index contributed by atoms with van der Waals surface area (Å²) in [7, 11) is 0. The van der Waals surface area contributed by atoms with Crippen molar-refractivity contribution in [3.05, 3.63) is 66.2 Å². The second-order valence-electron chi connectivity index (χ2n) is 7.86. The number of ether oxygens (including phenoxy) is 1. The molecule has 0 amide bonds. The van der Waals surface area contributed by atoms with E-state index in [0.717, 1.165) is 31.2 Å². The van der Waals surface area contributed by atoms with E-state index in [-0.39, 0.29) is 5.75 Å². The van der Waals surface area contributed by atoms with Crippen LogP contribution in [0.2, 0.25) is 0 Å². The van der Waals surface area contributed by atoms with E-state index in [1.54, 1.807) is 12.1 Å². The van der Waals surface area contributed by atoms with E-state index in [4.69, 9.17) is 0 Å². The van der Waals surface area contributed by atoms with Gasteiger partial charge in [0.15, 0.2) is 0 Å². The van der Waals surface area contributed by atoms with E-state index in [0.29, 0.717) is 35.6 Å². The summed E-state index contributed by atoms with van der Waals surface area (Å²) >= 11 is 0. The number of anilines is 2. The van der Waals surface area contributed by atoms with Gasteiger partial charge in [-0.15, -0.1) is 13.2 Å². The van der Waals surface area contributed by atoms with Crippen LogP contribution in [0.5, 0.6) is 5.75 Å². The second-order valence-corrected chi connectivity index (χ2v) is 7.86. The molecule has 0 atom stereocenters. The molecule has 4 rings (SSSR count). The quantitative estimate of drug-likeness (QED) is 0.443. The normalized spacial score (nSPS) is 14.7. The largest absolute Gasteiger partial charge is 0.573 e. The van der Waals surface area contributed by atoms with Crippen molar-refractivity contribution in [2.75, 3.05) is 10.6 Å². The van der Waals surface area contributed by atoms with Gasteiger partial charge in [0.05, 0.1) is 5.69 Å². The zero-order chi connectivity index (χ0) is 22.4. The van der Waals surface area contributed by atoms with E-state index in [2.05, 4.69) is 25.3 Å². The fraction of sp³-hybridized carbons (Fsp3) is 0.333. The van der Waals surface area contributed by atoms with Gasteiger partial charge in [-0.05, 0) is 30.5 Å². The number of rotatable bonds is 7. The van der Waals surface area contributed by atoms with Crippen molar-refractivity contribution in [2.45, 2.75) is 51.1 Å². The van der Waals surface area contributed by atoms with Crippen molar-refractivity contribution >= 4 is 11.8 Å². The minimum absolute atomic E-state index is 0.283. The van der Waals surface area contributed by atoms with E-state index in [9.17, 15) is 13.2 Å². The number of hydrogen-bond acceptors (Lipinski definition) is 5. The molecule has 1 fully saturated rings. The Hall–Kier alpha value is -3.29. The van der Waals surface area contributed by atoms with Crippen LogP contribution in [-0.2, 0) is 6.54 Å². The van der Waals surface area contributed by atoms with Gasteiger partial charge >= 0.3 is 6.36 Å². The van der Waals surface area contributed by atoms with Crippen LogP contribution in [0.25, 0.3) is 11.3 Å². The Morgan fingerprint density at radius 2 is 1.69 bits per heavy atom. The lowest BCUT2D eigenvalue weighted by Gasteiger charge is -2.23. The summed E-state index contributed by atoms with van der Waals surface area (Å²) in [6.45, 7) is 0.567. The third kappa shape index (κ3) is 6.35. The smallest absolute Gasteiger partial charge is 0.406 e. The molecule has 0 spiro atoms. The number of nitrogens with one attached hydrogen (secondary N) is 2. The minimum Gasteiger partial charge on any atom is -0.406 e. The van der Waals surface area contributed by atoms with Crippen molar-refractivity contribution in [1.29, 1.82) is 0 Å². The van der Waals surface area contributed by atoms with Crippen molar-refractivity contribution in [1.82, 2.24) is 9.97 Å². The molecule has 0 saturated heterocycles. The Morgan fingerprint density at radius 1 is 0.906 bits per heavy atom. The first-order valence-electron chi connectivity index (χ1n) is 10.7. The van der Waals surface area contributed by atoms with Gasteiger partial charge in [0.25, 0.3) is 0 Å². The maximum absolute atomic E-state index is 12.7. The molecule has 0 unspecified atom stereocenters. The SMILES string of the molecule is FC(F)(F)Oc1cccc(-c2cc(NCc3ccccc3)nc(NC3CCCCC3)n2)c1. The summed E-state index contributed by atoms with van der Waals surface area (Å²) in [5, 5.41) is 6.71. The van der Waals surface area contributed by atoms with Crippen LogP contribution in [0.1, 0.15) is 37.7 Å². The number of alkyl halides is 3. The summed E-state index contributed by atoms with van der Waals surface area (Å²) in [6, 6.07) is 17.8. The Balaban J connectivity index is 1.61. The number of nitrogens with zero attached hydrogens (tertiary/aromatic N) is 2. The number of aromatic nitrogens is 2. The second kappa shape index (κ2) is 9.89. The van der Waals surface area contributed by atoms with Crippen LogP contribution < -0.4 is 15.4 Å². The van der Waals surface area contributed by atoms with Gasteiger partial charge in [-0.2, -0.15) is 4.98 Å². The first kappa shape index (κ1) is 21.9. The summed E-state index contributed by atoms with van der Waals surface area (Å²) < 4.78 is 42.1. The van der Waals surface area contributed by atoms with Gasteiger partial charge in [-0.3, -0.25) is 0 Å². The van der Waals surface area contributed by atoms with Gasteiger partial charge in [-0.25, -0.2) is 4.98 Å². The van der Waals surface area contributed by atoms with E-state index in [1.807, 2.05) is 30.3 Å². The standard InChI is InChI=1S/C24H25F3N4O/c25-24(26,27)32-20-13-7-10-18(14-20)21-15-22(28-16-17-8-3-1-4-9-17)31-23(30-21)29-19-11-5-2-6-12-19/h1,3-4,7-10,13-15,19H,2,5-6,11-12,16H2,(H2,28,29,30,31). The molecule has 3 aromatic rings. The molecule has 1 saturated carbocycles. The van der Waals surface area contributed by atoms with Gasteiger partial charge in [0.2, 0.25) is 5.95 Å². The van der Waals surface area contributed by atoms with Gasteiger partial charge in [0.1, 0.15) is 11.6 Å². The predicted octanol–water partition coefficient (Wildman–Crippen LogP) is 6.40. The Labute approximate surface area is 185 Å². The van der Waals surface area contributed by atoms with Crippen molar-refractivity contribution < 1.29 is 17.9 Å². The van der Waals surface area contributed by atoms with E-state index >= 15 is 0 Å². The molecular weight excluding hydrogens is 417 g/mol. The third-order valence-electron chi connectivity index (χ3n) is 5.34. The lowest BCUT2D eigenvalue weighted by molar-refractivity contribution is -0.274.